The topological polar surface area (TPSA) is 97.0 Å². The minimum atomic E-state index is -1.53. The summed E-state index contributed by atoms with van der Waals surface area (Å²) in [5.74, 6) is -1.67. The number of thioether (sulfide) groups is 1. The van der Waals surface area contributed by atoms with Gasteiger partial charge in [0.15, 0.2) is 5.92 Å². The molecule has 172 valence electrons. The Morgan fingerprint density at radius 3 is 2.49 bits per heavy atom. The van der Waals surface area contributed by atoms with E-state index in [0.717, 1.165) is 21.8 Å². The molecule has 35 heavy (non-hydrogen) atoms. The highest BCUT2D eigenvalue weighted by atomic mass is 32.2. The Hall–Kier alpha value is -4.35. The first-order valence-corrected chi connectivity index (χ1v) is 11.9. The molecule has 1 amide bonds. The Kier molecular flexibility index (Phi) is 6.08. The van der Waals surface area contributed by atoms with E-state index in [1.54, 1.807) is 47.8 Å². The number of ether oxygens (including phenoxy) is 1. The van der Waals surface area contributed by atoms with E-state index >= 15 is 0 Å². The number of Topliss-reactive ketones (excluding diaryl/α,β-unsaturated/α-hetero) is 1. The Morgan fingerprint density at radius 1 is 1.09 bits per heavy atom. The smallest absolute Gasteiger partial charge is 0.249 e. The maximum Gasteiger partial charge on any atom is 0.249 e. The predicted octanol–water partition coefficient (Wildman–Crippen LogP) is 5.11. The highest BCUT2D eigenvalue weighted by Crippen LogP contribution is 2.45. The summed E-state index contributed by atoms with van der Waals surface area (Å²) in [5.41, 5.74) is 3.74. The highest BCUT2D eigenvalue weighted by molar-refractivity contribution is 7.98. The zero-order valence-electron chi connectivity index (χ0n) is 18.8. The van der Waals surface area contributed by atoms with Crippen LogP contribution in [0.1, 0.15) is 16.1 Å². The number of rotatable bonds is 6. The van der Waals surface area contributed by atoms with Gasteiger partial charge < -0.3 is 10.1 Å². The lowest BCUT2D eigenvalue weighted by molar-refractivity contribution is -0.117. The predicted molar refractivity (Wildman–Crippen MR) is 134 cm³/mol. The minimum absolute atomic E-state index is 0.125. The summed E-state index contributed by atoms with van der Waals surface area (Å²) in [6, 6.07) is 25.9. The third-order valence-electron chi connectivity index (χ3n) is 5.73. The maximum atomic E-state index is 13.6. The first-order chi connectivity index (χ1) is 17.1. The van der Waals surface area contributed by atoms with Crippen molar-refractivity contribution >= 4 is 29.1 Å². The lowest BCUT2D eigenvalue weighted by Crippen LogP contribution is -2.29. The Labute approximate surface area is 206 Å². The minimum Gasteiger partial charge on any atom is -0.497 e. The Morgan fingerprint density at radius 2 is 1.80 bits per heavy atom. The van der Waals surface area contributed by atoms with Crippen LogP contribution in [0.15, 0.2) is 83.8 Å². The van der Waals surface area contributed by atoms with Gasteiger partial charge in [0, 0.05) is 27.5 Å². The van der Waals surface area contributed by atoms with Crippen LogP contribution < -0.4 is 10.1 Å². The first kappa shape index (κ1) is 22.4. The van der Waals surface area contributed by atoms with Gasteiger partial charge >= 0.3 is 0 Å². The van der Waals surface area contributed by atoms with Crippen molar-refractivity contribution in [2.75, 3.05) is 12.4 Å². The van der Waals surface area contributed by atoms with E-state index in [9.17, 15) is 14.9 Å². The van der Waals surface area contributed by atoms with Gasteiger partial charge in [-0.3, -0.25) is 9.59 Å². The van der Waals surface area contributed by atoms with Crippen molar-refractivity contribution in [3.05, 3.63) is 90.1 Å². The fourth-order valence-electron chi connectivity index (χ4n) is 4.02. The van der Waals surface area contributed by atoms with Gasteiger partial charge in [-0.25, -0.2) is 4.68 Å². The second-order valence-electron chi connectivity index (χ2n) is 7.86. The summed E-state index contributed by atoms with van der Waals surface area (Å²) in [4.78, 5) is 27.5. The highest BCUT2D eigenvalue weighted by Gasteiger charge is 2.35. The van der Waals surface area contributed by atoms with Crippen LogP contribution in [-0.4, -0.2) is 28.6 Å². The van der Waals surface area contributed by atoms with Crippen LogP contribution in [0.3, 0.4) is 0 Å². The van der Waals surface area contributed by atoms with Crippen molar-refractivity contribution in [2.24, 2.45) is 5.92 Å². The largest absolute Gasteiger partial charge is 0.497 e. The third kappa shape index (κ3) is 4.18. The summed E-state index contributed by atoms with van der Waals surface area (Å²) < 4.78 is 7.15. The molecule has 8 heteroatoms. The maximum absolute atomic E-state index is 13.6. The van der Waals surface area contributed by atoms with Crippen molar-refractivity contribution in [2.45, 2.75) is 10.6 Å². The number of aromatic nitrogens is 2. The Bertz CT molecular complexity index is 1460. The number of hydrogen-bond acceptors (Lipinski definition) is 6. The van der Waals surface area contributed by atoms with E-state index in [1.807, 2.05) is 60.7 Å². The fourth-order valence-corrected chi connectivity index (χ4v) is 5.07. The molecule has 3 aromatic carbocycles. The molecule has 7 nitrogen and oxygen atoms in total. The van der Waals surface area contributed by atoms with Crippen LogP contribution in [0, 0.1) is 17.2 Å². The van der Waals surface area contributed by atoms with Crippen molar-refractivity contribution < 1.29 is 14.3 Å². The number of fused-ring (bicyclic) bond motifs is 3. The van der Waals surface area contributed by atoms with Gasteiger partial charge in [-0.1, -0.05) is 36.4 Å². The lowest BCUT2D eigenvalue weighted by Gasteiger charge is -2.19. The lowest BCUT2D eigenvalue weighted by atomic mass is 9.97. The molecular weight excluding hydrogens is 460 g/mol. The molecule has 4 aromatic rings. The van der Waals surface area contributed by atoms with Crippen molar-refractivity contribution in [3.63, 3.8) is 0 Å². The summed E-state index contributed by atoms with van der Waals surface area (Å²) in [7, 11) is 1.60. The summed E-state index contributed by atoms with van der Waals surface area (Å²) in [6.07, 6.45) is 0. The zero-order chi connectivity index (χ0) is 24.4. The van der Waals surface area contributed by atoms with Crippen molar-refractivity contribution in [1.82, 2.24) is 9.78 Å². The second kappa shape index (κ2) is 9.49. The number of nitrogens with one attached hydrogen (secondary N) is 1. The molecule has 5 rings (SSSR count). The van der Waals surface area contributed by atoms with Crippen LogP contribution in [-0.2, 0) is 10.5 Å². The number of methoxy groups -OCH3 is 1. The van der Waals surface area contributed by atoms with Gasteiger partial charge in [0.25, 0.3) is 0 Å². The number of nitrogens with zero attached hydrogens (tertiary/aromatic N) is 3. The van der Waals surface area contributed by atoms with E-state index in [0.29, 0.717) is 22.8 Å². The van der Waals surface area contributed by atoms with E-state index in [4.69, 9.17) is 4.74 Å². The number of anilines is 1. The molecule has 0 fully saturated rings. The number of nitriles is 1. The first-order valence-electron chi connectivity index (χ1n) is 10.9. The molecule has 1 aliphatic heterocycles. The van der Waals surface area contributed by atoms with Crippen molar-refractivity contribution in [3.8, 4) is 28.8 Å². The molecule has 2 heterocycles. The monoisotopic (exact) mass is 480 g/mol. The second-order valence-corrected chi connectivity index (χ2v) is 8.87. The van der Waals surface area contributed by atoms with Crippen LogP contribution >= 0.6 is 11.8 Å². The van der Waals surface area contributed by atoms with E-state index in [-0.39, 0.29) is 5.69 Å². The quantitative estimate of drug-likeness (QED) is 0.304. The molecular formula is C27H20N4O3S. The summed E-state index contributed by atoms with van der Waals surface area (Å²) in [6.45, 7) is 0. The number of para-hydroxylation sites is 2. The fraction of sp³-hybridized carbons (Fsp3) is 0.111. The standard InChI is InChI=1S/C27H20N4O3S/c1-34-19-12-13-23-20(14-19)25-22(16-35-23)24(30-31(25)18-10-6-3-7-11-18)26(32)21(15-28)27(33)29-17-8-4-2-5-9-17/h2-14,21H,16H2,1H3,(H,29,33). The summed E-state index contributed by atoms with van der Waals surface area (Å²) >= 11 is 1.58. The number of benzene rings is 3. The molecule has 1 atom stereocenters. The molecule has 0 bridgehead atoms. The number of carbonyl (C=O) groups is 2. The average molecular weight is 481 g/mol. The van der Waals surface area contributed by atoms with Crippen LogP contribution in [0.5, 0.6) is 5.75 Å². The van der Waals surface area contributed by atoms with Gasteiger partial charge in [-0.2, -0.15) is 10.4 Å². The zero-order valence-corrected chi connectivity index (χ0v) is 19.6. The van der Waals surface area contributed by atoms with Crippen molar-refractivity contribution in [1.29, 1.82) is 5.26 Å². The molecule has 0 radical (unpaired) electrons. The third-order valence-corrected chi connectivity index (χ3v) is 6.83. The molecule has 0 saturated heterocycles. The molecule has 0 spiro atoms. The van der Waals surface area contributed by atoms with Crippen LogP contribution in [0.2, 0.25) is 0 Å². The SMILES string of the molecule is COc1ccc2c(c1)-c1c(c(C(=O)C(C#N)C(=O)Nc3ccccc3)nn1-c1ccccc1)CS2. The molecule has 1 N–H and O–H groups in total. The molecule has 0 aliphatic carbocycles. The molecule has 1 aliphatic rings. The van der Waals surface area contributed by atoms with Gasteiger partial charge in [-0.15, -0.1) is 11.8 Å². The van der Waals surface area contributed by atoms with E-state index in [1.165, 1.54) is 0 Å². The average Bonchev–Trinajstić information content (AvgIpc) is 3.30. The van der Waals surface area contributed by atoms with Gasteiger partial charge in [0.2, 0.25) is 11.7 Å². The number of carbonyl (C=O) groups excluding carboxylic acids is 2. The van der Waals surface area contributed by atoms with E-state index < -0.39 is 17.6 Å². The molecule has 1 unspecified atom stereocenters. The number of ketones is 1. The molecule has 0 saturated carbocycles. The van der Waals surface area contributed by atoms with Gasteiger partial charge in [-0.05, 0) is 42.5 Å². The van der Waals surface area contributed by atoms with Gasteiger partial charge in [0.05, 0.1) is 24.6 Å². The summed E-state index contributed by atoms with van der Waals surface area (Å²) in [5, 5.41) is 17.1. The van der Waals surface area contributed by atoms with Crippen LogP contribution in [0.4, 0.5) is 5.69 Å². The van der Waals surface area contributed by atoms with Crippen LogP contribution in [0.25, 0.3) is 16.9 Å². The van der Waals surface area contributed by atoms with Gasteiger partial charge in [0.1, 0.15) is 11.4 Å². The number of hydrogen-bond donors (Lipinski definition) is 1. The molecule has 1 aromatic heterocycles. The normalized spacial score (nSPS) is 12.6. The Balaban J connectivity index is 1.61. The number of amides is 1. The van der Waals surface area contributed by atoms with E-state index in [2.05, 4.69) is 10.4 Å².